The number of fused-ring (bicyclic) bond motifs is 1. The van der Waals surface area contributed by atoms with Gasteiger partial charge in [-0.25, -0.2) is 9.78 Å². The standard InChI is InChI=1S/C20H24N4O4S/c1-5-6-7-13(18(25)23-14-9-12(4)28-24-14)27-20(26)17-16(21)15-10(2)8-11(3)22-19(15)29-17/h8-9,13H,5-7,21H2,1-4H3,(H,23,24,25). The first kappa shape index (κ1) is 20.8. The number of aromatic nitrogens is 2. The number of aryl methyl sites for hydroxylation is 3. The molecular weight excluding hydrogens is 392 g/mol. The van der Waals surface area contributed by atoms with Crippen LogP contribution in [-0.2, 0) is 9.53 Å². The van der Waals surface area contributed by atoms with Crippen molar-refractivity contribution in [1.82, 2.24) is 10.1 Å². The second kappa shape index (κ2) is 8.60. The molecule has 9 heteroatoms. The van der Waals surface area contributed by atoms with Gasteiger partial charge in [0.15, 0.2) is 11.9 Å². The molecule has 0 saturated heterocycles. The van der Waals surface area contributed by atoms with Crippen molar-refractivity contribution in [2.24, 2.45) is 0 Å². The predicted molar refractivity (Wildman–Crippen MR) is 112 cm³/mol. The van der Waals surface area contributed by atoms with Crippen molar-refractivity contribution in [3.05, 3.63) is 34.0 Å². The van der Waals surface area contributed by atoms with E-state index in [0.29, 0.717) is 22.7 Å². The largest absolute Gasteiger partial charge is 0.448 e. The molecule has 0 bridgehead atoms. The summed E-state index contributed by atoms with van der Waals surface area (Å²) in [5, 5.41) is 7.12. The number of esters is 1. The molecule has 0 aromatic carbocycles. The van der Waals surface area contributed by atoms with Gasteiger partial charge in [-0.1, -0.05) is 18.5 Å². The number of thiophene rings is 1. The number of anilines is 2. The van der Waals surface area contributed by atoms with Gasteiger partial charge in [0.05, 0.1) is 5.69 Å². The zero-order valence-electron chi connectivity index (χ0n) is 16.9. The first-order valence-electron chi connectivity index (χ1n) is 9.41. The van der Waals surface area contributed by atoms with Crippen LogP contribution in [0.2, 0.25) is 0 Å². The van der Waals surface area contributed by atoms with Gasteiger partial charge in [-0.05, 0) is 45.2 Å². The van der Waals surface area contributed by atoms with E-state index in [9.17, 15) is 9.59 Å². The van der Waals surface area contributed by atoms with Crippen LogP contribution in [0.4, 0.5) is 11.5 Å². The molecule has 1 amide bonds. The number of nitrogens with two attached hydrogens (primary N) is 1. The highest BCUT2D eigenvalue weighted by atomic mass is 32.1. The molecule has 0 aliphatic rings. The molecule has 8 nitrogen and oxygen atoms in total. The number of ether oxygens (including phenoxy) is 1. The van der Waals surface area contributed by atoms with Gasteiger partial charge in [0.1, 0.15) is 15.5 Å². The molecule has 3 aromatic heterocycles. The third-order valence-corrected chi connectivity index (χ3v) is 5.53. The van der Waals surface area contributed by atoms with Crippen LogP contribution in [0.15, 0.2) is 16.7 Å². The SMILES string of the molecule is CCCCC(OC(=O)c1sc2nc(C)cc(C)c2c1N)C(=O)Nc1cc(C)on1. The molecule has 29 heavy (non-hydrogen) atoms. The predicted octanol–water partition coefficient (Wildman–Crippen LogP) is 4.15. The van der Waals surface area contributed by atoms with Crippen molar-refractivity contribution in [1.29, 1.82) is 0 Å². The summed E-state index contributed by atoms with van der Waals surface area (Å²) in [4.78, 5) is 30.9. The number of unbranched alkanes of at least 4 members (excludes halogenated alkanes) is 1. The molecule has 0 aliphatic carbocycles. The van der Waals surface area contributed by atoms with E-state index in [1.807, 2.05) is 26.8 Å². The first-order valence-corrected chi connectivity index (χ1v) is 10.2. The highest BCUT2D eigenvalue weighted by Crippen LogP contribution is 2.35. The van der Waals surface area contributed by atoms with Gasteiger partial charge < -0.3 is 20.3 Å². The normalized spacial score (nSPS) is 12.1. The van der Waals surface area contributed by atoms with Gasteiger partial charge in [-0.2, -0.15) is 0 Å². The number of amides is 1. The van der Waals surface area contributed by atoms with Crippen molar-refractivity contribution in [2.45, 2.75) is 53.1 Å². The van der Waals surface area contributed by atoms with Crippen LogP contribution in [0.25, 0.3) is 10.2 Å². The van der Waals surface area contributed by atoms with Crippen molar-refractivity contribution in [3.8, 4) is 0 Å². The third kappa shape index (κ3) is 4.56. The fraction of sp³-hybridized carbons (Fsp3) is 0.400. The number of nitrogens with zero attached hydrogens (tertiary/aromatic N) is 2. The topological polar surface area (TPSA) is 120 Å². The average molecular weight is 417 g/mol. The van der Waals surface area contributed by atoms with Gasteiger partial charge in [-0.15, -0.1) is 11.3 Å². The zero-order valence-corrected chi connectivity index (χ0v) is 17.7. The number of nitrogens with one attached hydrogen (secondary N) is 1. The Hall–Kier alpha value is -2.94. The lowest BCUT2D eigenvalue weighted by atomic mass is 10.1. The number of hydrogen-bond donors (Lipinski definition) is 2. The Kier molecular flexibility index (Phi) is 6.17. The second-order valence-electron chi connectivity index (χ2n) is 6.95. The summed E-state index contributed by atoms with van der Waals surface area (Å²) in [6.45, 7) is 7.53. The van der Waals surface area contributed by atoms with E-state index in [4.69, 9.17) is 15.0 Å². The Morgan fingerprint density at radius 2 is 2.07 bits per heavy atom. The molecule has 0 spiro atoms. The van der Waals surface area contributed by atoms with Crippen molar-refractivity contribution in [3.63, 3.8) is 0 Å². The van der Waals surface area contributed by atoms with Gasteiger partial charge in [0, 0.05) is 17.1 Å². The number of carbonyl (C=O) groups is 2. The molecule has 0 fully saturated rings. The van der Waals surface area contributed by atoms with Crippen molar-refractivity contribution >= 4 is 44.9 Å². The molecule has 3 aromatic rings. The fourth-order valence-corrected chi connectivity index (χ4v) is 4.17. The average Bonchev–Trinajstić information content (AvgIpc) is 3.21. The maximum Gasteiger partial charge on any atom is 0.351 e. The highest BCUT2D eigenvalue weighted by molar-refractivity contribution is 7.21. The number of rotatable bonds is 7. The Morgan fingerprint density at radius 3 is 2.72 bits per heavy atom. The molecule has 0 saturated carbocycles. The lowest BCUT2D eigenvalue weighted by Gasteiger charge is -2.16. The molecule has 1 atom stereocenters. The minimum Gasteiger partial charge on any atom is -0.448 e. The van der Waals surface area contributed by atoms with E-state index in [0.717, 1.165) is 29.5 Å². The highest BCUT2D eigenvalue weighted by Gasteiger charge is 2.27. The zero-order chi connectivity index (χ0) is 21.1. The maximum absolute atomic E-state index is 12.8. The summed E-state index contributed by atoms with van der Waals surface area (Å²) in [5.41, 5.74) is 8.34. The van der Waals surface area contributed by atoms with E-state index in [1.54, 1.807) is 13.0 Å². The number of nitrogen functional groups attached to an aromatic ring is 1. The van der Waals surface area contributed by atoms with Crippen LogP contribution in [-0.4, -0.2) is 28.1 Å². The fourth-order valence-electron chi connectivity index (χ4n) is 3.07. The molecule has 0 aliphatic heterocycles. The molecule has 3 heterocycles. The monoisotopic (exact) mass is 416 g/mol. The van der Waals surface area contributed by atoms with Gasteiger partial charge >= 0.3 is 5.97 Å². The minimum absolute atomic E-state index is 0.257. The van der Waals surface area contributed by atoms with Crippen LogP contribution < -0.4 is 11.1 Å². The lowest BCUT2D eigenvalue weighted by molar-refractivity contribution is -0.125. The smallest absolute Gasteiger partial charge is 0.351 e. The van der Waals surface area contributed by atoms with E-state index >= 15 is 0 Å². The van der Waals surface area contributed by atoms with E-state index < -0.39 is 18.0 Å². The van der Waals surface area contributed by atoms with Crippen LogP contribution in [0, 0.1) is 20.8 Å². The van der Waals surface area contributed by atoms with E-state index in [-0.39, 0.29) is 10.7 Å². The van der Waals surface area contributed by atoms with Crippen molar-refractivity contribution < 1.29 is 18.8 Å². The Morgan fingerprint density at radius 1 is 1.31 bits per heavy atom. The Balaban J connectivity index is 1.82. The number of pyridine rings is 1. The summed E-state index contributed by atoms with van der Waals surface area (Å²) in [6.07, 6.45) is 1.02. The summed E-state index contributed by atoms with van der Waals surface area (Å²) in [7, 11) is 0. The Bertz CT molecular complexity index is 1060. The summed E-state index contributed by atoms with van der Waals surface area (Å²) < 4.78 is 10.5. The van der Waals surface area contributed by atoms with E-state index in [2.05, 4.69) is 15.5 Å². The molecule has 3 rings (SSSR count). The number of carbonyl (C=O) groups excluding carboxylic acids is 2. The van der Waals surface area contributed by atoms with Gasteiger partial charge in [0.25, 0.3) is 5.91 Å². The quantitative estimate of drug-likeness (QED) is 0.555. The first-order chi connectivity index (χ1) is 13.8. The summed E-state index contributed by atoms with van der Waals surface area (Å²) >= 11 is 1.18. The maximum atomic E-state index is 12.8. The van der Waals surface area contributed by atoms with Crippen LogP contribution >= 0.6 is 11.3 Å². The minimum atomic E-state index is -0.958. The van der Waals surface area contributed by atoms with Crippen LogP contribution in [0.3, 0.4) is 0 Å². The molecule has 0 radical (unpaired) electrons. The third-order valence-electron chi connectivity index (χ3n) is 4.45. The summed E-state index contributed by atoms with van der Waals surface area (Å²) in [5.74, 6) is -0.236. The van der Waals surface area contributed by atoms with Gasteiger partial charge in [-0.3, -0.25) is 4.79 Å². The molecule has 3 N–H and O–H groups in total. The van der Waals surface area contributed by atoms with Crippen LogP contribution in [0.5, 0.6) is 0 Å². The van der Waals surface area contributed by atoms with Crippen molar-refractivity contribution in [2.75, 3.05) is 11.1 Å². The second-order valence-corrected chi connectivity index (χ2v) is 7.95. The number of hydrogen-bond acceptors (Lipinski definition) is 8. The molecule has 154 valence electrons. The lowest BCUT2D eigenvalue weighted by Crippen LogP contribution is -2.32. The van der Waals surface area contributed by atoms with Crippen LogP contribution in [0.1, 0.15) is 52.9 Å². The summed E-state index contributed by atoms with van der Waals surface area (Å²) in [6, 6.07) is 3.51. The molecular formula is C20H24N4O4S. The molecule has 1 unspecified atom stereocenters. The van der Waals surface area contributed by atoms with Gasteiger partial charge in [0.2, 0.25) is 0 Å². The Labute approximate surface area is 172 Å². The van der Waals surface area contributed by atoms with E-state index in [1.165, 1.54) is 11.3 Å².